The summed E-state index contributed by atoms with van der Waals surface area (Å²) in [4.78, 5) is 12.5. The number of aliphatic hydroxyl groups excluding tert-OH is 1. The van der Waals surface area contributed by atoms with Crippen molar-refractivity contribution < 1.29 is 27.8 Å². The fraction of sp³-hybridized carbons (Fsp3) is 0.417. The minimum absolute atomic E-state index is 0.189. The van der Waals surface area contributed by atoms with E-state index in [1.54, 1.807) is 6.07 Å². The van der Waals surface area contributed by atoms with E-state index in [-0.39, 0.29) is 10.7 Å². The van der Waals surface area contributed by atoms with Gasteiger partial charge in [0.1, 0.15) is 5.75 Å². The van der Waals surface area contributed by atoms with Crippen LogP contribution in [0.3, 0.4) is 0 Å². The van der Waals surface area contributed by atoms with E-state index in [1.165, 1.54) is 19.2 Å². The van der Waals surface area contributed by atoms with Gasteiger partial charge in [-0.1, -0.05) is 11.6 Å². The zero-order valence-electron chi connectivity index (χ0n) is 11.2. The van der Waals surface area contributed by atoms with Gasteiger partial charge in [-0.3, -0.25) is 0 Å². The van der Waals surface area contributed by atoms with Crippen LogP contribution in [0.15, 0.2) is 18.2 Å². The summed E-state index contributed by atoms with van der Waals surface area (Å²) in [6.45, 7) is -0.892. The monoisotopic (exact) mass is 326 g/mol. The molecule has 0 bridgehead atoms. The van der Waals surface area contributed by atoms with Crippen LogP contribution >= 0.6 is 11.6 Å². The molecule has 0 aliphatic carbocycles. The lowest BCUT2D eigenvalue weighted by atomic mass is 10.3. The number of ether oxygens (including phenoxy) is 1. The Morgan fingerprint density at radius 2 is 2.14 bits per heavy atom. The van der Waals surface area contributed by atoms with Gasteiger partial charge in [-0.25, -0.2) is 4.79 Å². The molecule has 0 saturated heterocycles. The Labute approximate surface area is 124 Å². The van der Waals surface area contributed by atoms with Gasteiger partial charge in [-0.2, -0.15) is 13.2 Å². The quantitative estimate of drug-likeness (QED) is 0.894. The van der Waals surface area contributed by atoms with Crippen molar-refractivity contribution in [1.29, 1.82) is 0 Å². The number of methoxy groups -OCH3 is 1. The van der Waals surface area contributed by atoms with Gasteiger partial charge in [-0.15, -0.1) is 0 Å². The van der Waals surface area contributed by atoms with Crippen molar-refractivity contribution in [2.75, 3.05) is 26.0 Å². The van der Waals surface area contributed by atoms with Crippen LogP contribution in [-0.2, 0) is 0 Å². The van der Waals surface area contributed by atoms with Crippen molar-refractivity contribution >= 4 is 23.3 Å². The first-order valence-electron chi connectivity index (χ1n) is 5.75. The number of amides is 2. The molecule has 1 rings (SSSR count). The third-order valence-electron chi connectivity index (χ3n) is 2.59. The fourth-order valence-electron chi connectivity index (χ4n) is 1.38. The second kappa shape index (κ2) is 6.86. The van der Waals surface area contributed by atoms with Crippen molar-refractivity contribution in [3.63, 3.8) is 0 Å². The summed E-state index contributed by atoms with van der Waals surface area (Å²) >= 11 is 5.86. The summed E-state index contributed by atoms with van der Waals surface area (Å²) in [6.07, 6.45) is -7.41. The Morgan fingerprint density at radius 1 is 1.52 bits per heavy atom. The molecule has 0 fully saturated rings. The number of aliphatic hydroxyl groups is 1. The van der Waals surface area contributed by atoms with Gasteiger partial charge in [0.25, 0.3) is 0 Å². The van der Waals surface area contributed by atoms with Crippen molar-refractivity contribution in [2.45, 2.75) is 12.3 Å². The topological polar surface area (TPSA) is 61.8 Å². The van der Waals surface area contributed by atoms with Gasteiger partial charge in [0.2, 0.25) is 0 Å². The molecule has 21 heavy (non-hydrogen) atoms. The highest BCUT2D eigenvalue weighted by atomic mass is 35.5. The summed E-state index contributed by atoms with van der Waals surface area (Å²) in [7, 11) is 2.54. The Morgan fingerprint density at radius 3 is 2.67 bits per heavy atom. The smallest absolute Gasteiger partial charge is 0.416 e. The molecule has 0 aliphatic heterocycles. The van der Waals surface area contributed by atoms with Crippen LogP contribution in [0.5, 0.6) is 5.75 Å². The van der Waals surface area contributed by atoms with Crippen LogP contribution in [0.4, 0.5) is 23.7 Å². The number of likely N-dealkylation sites (N-methyl/N-ethyl adjacent to an activating group) is 1. The molecule has 0 saturated carbocycles. The van der Waals surface area contributed by atoms with Crippen LogP contribution in [0.25, 0.3) is 0 Å². The lowest BCUT2D eigenvalue weighted by Crippen LogP contribution is -2.43. The van der Waals surface area contributed by atoms with Crippen LogP contribution in [-0.4, -0.2) is 49.0 Å². The largest absolute Gasteiger partial charge is 0.497 e. The summed E-state index contributed by atoms with van der Waals surface area (Å²) in [6, 6.07) is 3.62. The molecule has 1 aromatic carbocycles. The number of hydrogen-bond acceptors (Lipinski definition) is 3. The number of hydrogen-bond donors (Lipinski definition) is 2. The van der Waals surface area contributed by atoms with Gasteiger partial charge >= 0.3 is 12.2 Å². The van der Waals surface area contributed by atoms with Gasteiger partial charge in [-0.05, 0) is 12.1 Å². The molecule has 0 radical (unpaired) electrons. The van der Waals surface area contributed by atoms with Gasteiger partial charge in [0.15, 0.2) is 6.10 Å². The number of benzene rings is 1. The van der Waals surface area contributed by atoms with Crippen LogP contribution in [0, 0.1) is 0 Å². The predicted molar refractivity (Wildman–Crippen MR) is 71.7 cm³/mol. The fourth-order valence-corrected chi connectivity index (χ4v) is 1.55. The maximum Gasteiger partial charge on any atom is 0.416 e. The van der Waals surface area contributed by atoms with Crippen LogP contribution < -0.4 is 10.1 Å². The molecule has 118 valence electrons. The average Bonchev–Trinajstić information content (AvgIpc) is 2.39. The van der Waals surface area contributed by atoms with Gasteiger partial charge in [0, 0.05) is 13.1 Å². The second-order valence-electron chi connectivity index (χ2n) is 4.21. The standard InChI is InChI=1S/C12H14ClF3N2O3/c1-18(6-10(19)12(14,15)16)11(20)17-9-5-7(21-2)3-4-8(9)13/h3-5,10,19H,6H2,1-2H3,(H,17,20). The third-order valence-corrected chi connectivity index (χ3v) is 2.92. The molecule has 1 aromatic rings. The number of halogens is 4. The van der Waals surface area contributed by atoms with E-state index in [4.69, 9.17) is 21.4 Å². The minimum atomic E-state index is -4.79. The van der Waals surface area contributed by atoms with Crippen LogP contribution in [0.2, 0.25) is 5.02 Å². The van der Waals surface area contributed by atoms with E-state index in [1.807, 2.05) is 0 Å². The zero-order valence-corrected chi connectivity index (χ0v) is 12.0. The Kier molecular flexibility index (Phi) is 5.68. The summed E-state index contributed by atoms with van der Waals surface area (Å²) < 4.78 is 41.6. The lowest BCUT2D eigenvalue weighted by molar-refractivity contribution is -0.205. The third kappa shape index (κ3) is 4.98. The predicted octanol–water partition coefficient (Wildman–Crippen LogP) is 2.74. The highest BCUT2D eigenvalue weighted by molar-refractivity contribution is 6.33. The van der Waals surface area contributed by atoms with Gasteiger partial charge in [0.05, 0.1) is 24.4 Å². The molecular weight excluding hydrogens is 313 g/mol. The Balaban J connectivity index is 2.72. The van der Waals surface area contributed by atoms with E-state index < -0.39 is 24.9 Å². The number of nitrogens with zero attached hydrogens (tertiary/aromatic N) is 1. The number of anilines is 1. The first-order chi connectivity index (χ1) is 9.65. The number of carbonyl (C=O) groups is 1. The molecule has 2 amide bonds. The van der Waals surface area contributed by atoms with Crippen LogP contribution in [0.1, 0.15) is 0 Å². The van der Waals surface area contributed by atoms with E-state index in [2.05, 4.69) is 5.32 Å². The normalized spacial score (nSPS) is 12.7. The molecule has 0 aliphatic rings. The summed E-state index contributed by atoms with van der Waals surface area (Å²) in [5.41, 5.74) is 0.189. The lowest BCUT2D eigenvalue weighted by Gasteiger charge is -2.23. The maximum atomic E-state index is 12.2. The number of carbonyl (C=O) groups excluding carboxylic acids is 1. The van der Waals surface area contributed by atoms with Crippen molar-refractivity contribution in [3.05, 3.63) is 23.2 Å². The van der Waals surface area contributed by atoms with Crippen molar-refractivity contribution in [2.24, 2.45) is 0 Å². The van der Waals surface area contributed by atoms with E-state index >= 15 is 0 Å². The molecular formula is C12H14ClF3N2O3. The zero-order chi connectivity index (χ0) is 16.2. The molecule has 9 heteroatoms. The molecule has 1 atom stereocenters. The summed E-state index contributed by atoms with van der Waals surface area (Å²) in [5, 5.41) is 11.5. The first kappa shape index (κ1) is 17.4. The number of nitrogens with one attached hydrogen (secondary N) is 1. The molecule has 2 N–H and O–H groups in total. The number of rotatable bonds is 4. The average molecular weight is 327 g/mol. The van der Waals surface area contributed by atoms with Crippen molar-refractivity contribution in [1.82, 2.24) is 4.90 Å². The molecule has 0 spiro atoms. The first-order valence-corrected chi connectivity index (χ1v) is 6.13. The van der Waals surface area contributed by atoms with E-state index in [9.17, 15) is 18.0 Å². The van der Waals surface area contributed by atoms with E-state index in [0.29, 0.717) is 10.6 Å². The number of urea groups is 1. The molecule has 0 aromatic heterocycles. The highest BCUT2D eigenvalue weighted by Crippen LogP contribution is 2.27. The van der Waals surface area contributed by atoms with Crippen molar-refractivity contribution in [3.8, 4) is 5.75 Å². The number of alkyl halides is 3. The van der Waals surface area contributed by atoms with E-state index in [0.717, 1.165) is 7.05 Å². The summed E-state index contributed by atoms with van der Waals surface area (Å²) in [5.74, 6) is 0.424. The molecule has 1 unspecified atom stereocenters. The molecule has 5 nitrogen and oxygen atoms in total. The Bertz CT molecular complexity index is 511. The Hall–Kier alpha value is -1.67. The minimum Gasteiger partial charge on any atom is -0.497 e. The second-order valence-corrected chi connectivity index (χ2v) is 4.62. The highest BCUT2D eigenvalue weighted by Gasteiger charge is 2.39. The van der Waals surface area contributed by atoms with Gasteiger partial charge < -0.3 is 20.1 Å². The maximum absolute atomic E-state index is 12.2. The SMILES string of the molecule is COc1ccc(Cl)c(NC(=O)N(C)CC(O)C(F)(F)F)c1. The molecule has 0 heterocycles.